The van der Waals surface area contributed by atoms with Crippen LogP contribution in [0.4, 0.5) is 5.82 Å². The van der Waals surface area contributed by atoms with E-state index in [4.69, 9.17) is 16.3 Å². The summed E-state index contributed by atoms with van der Waals surface area (Å²) in [5.41, 5.74) is -0.177. The number of halogens is 1. The molecule has 1 atom stereocenters. The number of hydrogen-bond donors (Lipinski definition) is 1. The molecular formula is C13H18ClN3O3. The van der Waals surface area contributed by atoms with Crippen molar-refractivity contribution in [1.29, 1.82) is 0 Å². The minimum atomic E-state index is -0.447. The van der Waals surface area contributed by atoms with E-state index in [-0.39, 0.29) is 23.4 Å². The number of morpholine rings is 1. The van der Waals surface area contributed by atoms with Crippen LogP contribution in [0.2, 0.25) is 5.15 Å². The van der Waals surface area contributed by atoms with Crippen molar-refractivity contribution in [3.8, 4) is 0 Å². The van der Waals surface area contributed by atoms with E-state index in [9.17, 15) is 9.90 Å². The molecule has 0 aliphatic carbocycles. The van der Waals surface area contributed by atoms with E-state index >= 15 is 0 Å². The quantitative estimate of drug-likeness (QED) is 0.668. The number of aliphatic hydroxyl groups is 1. The number of aliphatic hydroxyl groups excluding tert-OH is 1. The molecule has 1 aliphatic heterocycles. The highest BCUT2D eigenvalue weighted by molar-refractivity contribution is 6.32. The van der Waals surface area contributed by atoms with Gasteiger partial charge in [0.1, 0.15) is 16.8 Å². The third-order valence-corrected chi connectivity index (χ3v) is 3.38. The van der Waals surface area contributed by atoms with Gasteiger partial charge in [-0.1, -0.05) is 11.6 Å². The third-order valence-electron chi connectivity index (χ3n) is 3.09. The van der Waals surface area contributed by atoms with Crippen LogP contribution in [0.15, 0.2) is 0 Å². The molecule has 0 amide bonds. The zero-order chi connectivity index (χ0) is 14.9. The van der Waals surface area contributed by atoms with Gasteiger partial charge in [-0.05, 0) is 20.8 Å². The van der Waals surface area contributed by atoms with Crippen LogP contribution in [0.5, 0.6) is 0 Å². The second-order valence-electron chi connectivity index (χ2n) is 5.48. The molecule has 1 fully saturated rings. The minimum absolute atomic E-state index is 0.0891. The summed E-state index contributed by atoms with van der Waals surface area (Å²) in [5.74, 6) is 0.993. The maximum atomic E-state index is 11.2. The minimum Gasteiger partial charge on any atom is -0.394 e. The average molecular weight is 300 g/mol. The second kappa shape index (κ2) is 5.63. The number of aryl methyl sites for hydroxylation is 1. The highest BCUT2D eigenvalue weighted by Crippen LogP contribution is 2.29. The molecule has 0 spiro atoms. The summed E-state index contributed by atoms with van der Waals surface area (Å²) >= 11 is 6.01. The first-order valence-electron chi connectivity index (χ1n) is 6.39. The van der Waals surface area contributed by atoms with Crippen molar-refractivity contribution in [3.05, 3.63) is 16.5 Å². The summed E-state index contributed by atoms with van der Waals surface area (Å²) in [5, 5.41) is 9.49. The molecule has 1 N–H and O–H groups in total. The van der Waals surface area contributed by atoms with Gasteiger partial charge in [0.2, 0.25) is 0 Å². The van der Waals surface area contributed by atoms with Crippen LogP contribution in [0.1, 0.15) is 30.0 Å². The predicted molar refractivity (Wildman–Crippen MR) is 75.4 cm³/mol. The monoisotopic (exact) mass is 299 g/mol. The molecule has 1 unspecified atom stereocenters. The van der Waals surface area contributed by atoms with Gasteiger partial charge in [-0.25, -0.2) is 9.97 Å². The van der Waals surface area contributed by atoms with Crippen LogP contribution in [0.25, 0.3) is 0 Å². The summed E-state index contributed by atoms with van der Waals surface area (Å²) in [6, 6.07) is 0. The average Bonchev–Trinajstić information content (AvgIpc) is 2.36. The van der Waals surface area contributed by atoms with Gasteiger partial charge < -0.3 is 14.7 Å². The van der Waals surface area contributed by atoms with Crippen molar-refractivity contribution in [2.45, 2.75) is 32.5 Å². The van der Waals surface area contributed by atoms with Gasteiger partial charge in [0.05, 0.1) is 23.9 Å². The summed E-state index contributed by atoms with van der Waals surface area (Å²) in [7, 11) is 0. The molecule has 0 aromatic carbocycles. The normalized spacial score (nSPS) is 21.9. The Balaban J connectivity index is 2.42. The molecule has 0 saturated carbocycles. The maximum Gasteiger partial charge on any atom is 0.156 e. The Hall–Kier alpha value is -1.24. The molecule has 0 radical (unpaired) electrons. The van der Waals surface area contributed by atoms with Crippen LogP contribution in [0.3, 0.4) is 0 Å². The fourth-order valence-corrected chi connectivity index (χ4v) is 2.68. The molecule has 1 aliphatic rings. The number of aromatic nitrogens is 2. The summed E-state index contributed by atoms with van der Waals surface area (Å²) in [6.07, 6.45) is 0.334. The molecule has 1 aromatic rings. The van der Waals surface area contributed by atoms with Gasteiger partial charge in [0.15, 0.2) is 6.29 Å². The van der Waals surface area contributed by atoms with E-state index in [2.05, 4.69) is 9.97 Å². The highest BCUT2D eigenvalue weighted by atomic mass is 35.5. The third kappa shape index (κ3) is 3.08. The molecule has 2 heterocycles. The van der Waals surface area contributed by atoms with E-state index in [1.807, 2.05) is 18.7 Å². The Morgan fingerprint density at radius 2 is 2.25 bits per heavy atom. The first kappa shape index (κ1) is 15.2. The van der Waals surface area contributed by atoms with Crippen LogP contribution in [0, 0.1) is 6.92 Å². The van der Waals surface area contributed by atoms with Crippen LogP contribution >= 0.6 is 11.6 Å². The first-order valence-corrected chi connectivity index (χ1v) is 6.77. The lowest BCUT2D eigenvalue weighted by Crippen LogP contribution is -2.54. The van der Waals surface area contributed by atoms with Crippen molar-refractivity contribution < 1.29 is 14.6 Å². The molecule has 0 bridgehead atoms. The Kier molecular flexibility index (Phi) is 4.27. The Labute approximate surface area is 122 Å². The smallest absolute Gasteiger partial charge is 0.156 e. The topological polar surface area (TPSA) is 75.6 Å². The molecular weight excluding hydrogens is 282 g/mol. The number of hydrogen-bond acceptors (Lipinski definition) is 6. The zero-order valence-corrected chi connectivity index (χ0v) is 12.5. The van der Waals surface area contributed by atoms with Crippen molar-refractivity contribution in [2.24, 2.45) is 0 Å². The number of aldehydes is 1. The van der Waals surface area contributed by atoms with Crippen LogP contribution < -0.4 is 4.90 Å². The molecule has 1 aromatic heterocycles. The molecule has 1 saturated heterocycles. The summed E-state index contributed by atoms with van der Waals surface area (Å²) < 4.78 is 5.75. The molecule has 110 valence electrons. The van der Waals surface area contributed by atoms with Crippen LogP contribution in [-0.2, 0) is 4.74 Å². The summed E-state index contributed by atoms with van der Waals surface area (Å²) in [6.45, 7) is 6.49. The number of rotatable bonds is 3. The number of anilines is 1. The fourth-order valence-electron chi connectivity index (χ4n) is 2.43. The van der Waals surface area contributed by atoms with Gasteiger partial charge in [-0.2, -0.15) is 0 Å². The summed E-state index contributed by atoms with van der Waals surface area (Å²) in [4.78, 5) is 21.5. The van der Waals surface area contributed by atoms with Crippen molar-refractivity contribution in [3.63, 3.8) is 0 Å². The highest BCUT2D eigenvalue weighted by Gasteiger charge is 2.35. The standard InChI is InChI=1S/C13H18ClN3O3/c1-8-15-11(14)10(6-19)12(16-8)17-4-9(5-18)20-13(2,3)7-17/h6,9,18H,4-5,7H2,1-3H3. The second-order valence-corrected chi connectivity index (χ2v) is 5.84. The SMILES string of the molecule is Cc1nc(Cl)c(C=O)c(N2CC(CO)OC(C)(C)C2)n1. The van der Waals surface area contributed by atoms with E-state index in [0.29, 0.717) is 31.0 Å². The Morgan fingerprint density at radius 3 is 2.85 bits per heavy atom. The van der Waals surface area contributed by atoms with Gasteiger partial charge in [-0.15, -0.1) is 0 Å². The van der Waals surface area contributed by atoms with E-state index in [1.54, 1.807) is 6.92 Å². The lowest BCUT2D eigenvalue weighted by atomic mass is 10.0. The largest absolute Gasteiger partial charge is 0.394 e. The number of ether oxygens (including phenoxy) is 1. The van der Waals surface area contributed by atoms with Gasteiger partial charge in [0.25, 0.3) is 0 Å². The lowest BCUT2D eigenvalue weighted by Gasteiger charge is -2.43. The van der Waals surface area contributed by atoms with Crippen molar-refractivity contribution in [1.82, 2.24) is 9.97 Å². The van der Waals surface area contributed by atoms with Crippen molar-refractivity contribution >= 4 is 23.7 Å². The number of carbonyl (C=O) groups excluding carboxylic acids is 1. The van der Waals surface area contributed by atoms with E-state index in [1.165, 1.54) is 0 Å². The zero-order valence-electron chi connectivity index (χ0n) is 11.8. The van der Waals surface area contributed by atoms with Crippen molar-refractivity contribution in [2.75, 3.05) is 24.6 Å². The van der Waals surface area contributed by atoms with E-state index in [0.717, 1.165) is 0 Å². The van der Waals surface area contributed by atoms with Crippen LogP contribution in [-0.4, -0.2) is 52.8 Å². The first-order chi connectivity index (χ1) is 9.36. The molecule has 20 heavy (non-hydrogen) atoms. The predicted octanol–water partition coefficient (Wildman–Crippen LogP) is 1.23. The van der Waals surface area contributed by atoms with Gasteiger partial charge >= 0.3 is 0 Å². The Bertz CT molecular complexity index is 522. The molecule has 2 rings (SSSR count). The lowest BCUT2D eigenvalue weighted by molar-refractivity contribution is -0.101. The number of carbonyl (C=O) groups is 1. The number of nitrogens with zero attached hydrogens (tertiary/aromatic N) is 3. The Morgan fingerprint density at radius 1 is 1.55 bits per heavy atom. The fraction of sp³-hybridized carbons (Fsp3) is 0.615. The molecule has 7 heteroatoms. The maximum absolute atomic E-state index is 11.2. The van der Waals surface area contributed by atoms with E-state index < -0.39 is 5.60 Å². The van der Waals surface area contributed by atoms with Gasteiger partial charge in [-0.3, -0.25) is 4.79 Å². The van der Waals surface area contributed by atoms with Gasteiger partial charge in [0, 0.05) is 13.1 Å². The molecule has 6 nitrogen and oxygen atoms in total.